The van der Waals surface area contributed by atoms with Crippen LogP contribution >= 0.6 is 0 Å². The fourth-order valence-corrected chi connectivity index (χ4v) is 4.47. The van der Waals surface area contributed by atoms with Gasteiger partial charge in [0.2, 0.25) is 5.91 Å². The number of carbonyl (C=O) groups is 1. The second-order valence-corrected chi connectivity index (χ2v) is 8.80. The number of oxazole rings is 1. The maximum absolute atomic E-state index is 12.4. The number of carbonyl (C=O) groups excluding carboxylic acids is 1. The van der Waals surface area contributed by atoms with E-state index in [9.17, 15) is 4.79 Å². The van der Waals surface area contributed by atoms with Gasteiger partial charge in [-0.2, -0.15) is 0 Å². The van der Waals surface area contributed by atoms with E-state index in [-0.39, 0.29) is 11.3 Å². The van der Waals surface area contributed by atoms with Crippen molar-refractivity contribution < 1.29 is 9.21 Å². The molecule has 0 unspecified atom stereocenters. The van der Waals surface area contributed by atoms with E-state index in [1.54, 1.807) is 6.20 Å². The summed E-state index contributed by atoms with van der Waals surface area (Å²) in [6.07, 6.45) is 13.1. The Morgan fingerprint density at radius 2 is 1.92 bits per heavy atom. The smallest absolute Gasteiger partial charge is 0.220 e. The van der Waals surface area contributed by atoms with Crippen LogP contribution in [-0.4, -0.2) is 16.9 Å². The molecule has 1 spiro atoms. The lowest BCUT2D eigenvalue weighted by molar-refractivity contribution is -0.123. The van der Waals surface area contributed by atoms with E-state index >= 15 is 0 Å². The summed E-state index contributed by atoms with van der Waals surface area (Å²) in [5.74, 6) is 1.72. The highest BCUT2D eigenvalue weighted by atomic mass is 16.4. The molecule has 24 heavy (non-hydrogen) atoms. The standard InChI is InChI=1S/C20H32N2O2/c1-19(2,3)16-14-21-18(24-16)10-9-17(23)22-15-8-4-5-11-20(15)12-6-7-13-20/h14-15H,4-13H2,1-3H3,(H,22,23)/t15-/m0/s1. The number of amides is 1. The minimum atomic E-state index is -0.0372. The summed E-state index contributed by atoms with van der Waals surface area (Å²) < 4.78 is 5.79. The van der Waals surface area contributed by atoms with Gasteiger partial charge in [0.15, 0.2) is 5.89 Å². The maximum atomic E-state index is 12.4. The van der Waals surface area contributed by atoms with Crippen LogP contribution in [0.4, 0.5) is 0 Å². The molecule has 134 valence electrons. The Kier molecular flexibility index (Phi) is 5.03. The first-order valence-corrected chi connectivity index (χ1v) is 9.64. The van der Waals surface area contributed by atoms with Gasteiger partial charge in [0.05, 0.1) is 6.20 Å². The molecular formula is C20H32N2O2. The molecule has 0 aliphatic heterocycles. The summed E-state index contributed by atoms with van der Waals surface area (Å²) in [5.41, 5.74) is 0.362. The molecule has 1 aromatic rings. The SMILES string of the molecule is CC(C)(C)c1cnc(CCC(=O)N[C@H]2CCCCC23CCCC3)o1. The zero-order valence-corrected chi connectivity index (χ0v) is 15.5. The van der Waals surface area contributed by atoms with Crippen LogP contribution in [-0.2, 0) is 16.6 Å². The predicted molar refractivity (Wildman–Crippen MR) is 94.8 cm³/mol. The normalized spacial score (nSPS) is 23.5. The largest absolute Gasteiger partial charge is 0.445 e. The molecule has 1 N–H and O–H groups in total. The number of aryl methyl sites for hydroxylation is 1. The van der Waals surface area contributed by atoms with Crippen molar-refractivity contribution in [3.8, 4) is 0 Å². The summed E-state index contributed by atoms with van der Waals surface area (Å²) in [5, 5.41) is 3.35. The highest BCUT2D eigenvalue weighted by molar-refractivity contribution is 5.76. The topological polar surface area (TPSA) is 55.1 Å². The number of hydrogen-bond donors (Lipinski definition) is 1. The zero-order chi connectivity index (χ0) is 17.2. The zero-order valence-electron chi connectivity index (χ0n) is 15.5. The van der Waals surface area contributed by atoms with Crippen LogP contribution in [0.1, 0.15) is 90.2 Å². The second-order valence-electron chi connectivity index (χ2n) is 8.80. The van der Waals surface area contributed by atoms with Gasteiger partial charge in [-0.05, 0) is 31.1 Å². The molecule has 1 aromatic heterocycles. The van der Waals surface area contributed by atoms with Gasteiger partial charge in [-0.15, -0.1) is 0 Å². The first kappa shape index (κ1) is 17.5. The van der Waals surface area contributed by atoms with Crippen molar-refractivity contribution in [1.29, 1.82) is 0 Å². The van der Waals surface area contributed by atoms with Crippen molar-refractivity contribution in [3.05, 3.63) is 17.8 Å². The second kappa shape index (κ2) is 6.89. The summed E-state index contributed by atoms with van der Waals surface area (Å²) >= 11 is 0. The molecule has 1 amide bonds. The van der Waals surface area contributed by atoms with E-state index in [2.05, 4.69) is 31.1 Å². The van der Waals surface area contributed by atoms with Crippen LogP contribution in [0.5, 0.6) is 0 Å². The highest BCUT2D eigenvalue weighted by Crippen LogP contribution is 2.49. The van der Waals surface area contributed by atoms with Crippen molar-refractivity contribution in [2.75, 3.05) is 0 Å². The van der Waals surface area contributed by atoms with E-state index in [1.165, 1.54) is 44.9 Å². The molecule has 2 aliphatic carbocycles. The minimum Gasteiger partial charge on any atom is -0.445 e. The Morgan fingerprint density at radius 3 is 2.54 bits per heavy atom. The highest BCUT2D eigenvalue weighted by Gasteiger charge is 2.43. The van der Waals surface area contributed by atoms with Crippen molar-refractivity contribution >= 4 is 5.91 Å². The van der Waals surface area contributed by atoms with Crippen molar-refractivity contribution in [2.45, 2.75) is 96.4 Å². The van der Waals surface area contributed by atoms with Gasteiger partial charge in [0.1, 0.15) is 5.76 Å². The predicted octanol–water partition coefficient (Wildman–Crippen LogP) is 4.52. The van der Waals surface area contributed by atoms with E-state index in [1.807, 2.05) is 0 Å². The number of aromatic nitrogens is 1. The Bertz CT molecular complexity index is 564. The van der Waals surface area contributed by atoms with Crippen LogP contribution in [0.3, 0.4) is 0 Å². The average Bonchev–Trinajstić information content (AvgIpc) is 3.17. The number of nitrogens with one attached hydrogen (secondary N) is 1. The lowest BCUT2D eigenvalue weighted by Crippen LogP contribution is -2.48. The lowest BCUT2D eigenvalue weighted by atomic mass is 9.69. The molecule has 2 aliphatic rings. The number of nitrogens with zero attached hydrogens (tertiary/aromatic N) is 1. The third-order valence-electron chi connectivity index (χ3n) is 5.95. The van der Waals surface area contributed by atoms with Crippen LogP contribution in [0.25, 0.3) is 0 Å². The summed E-state index contributed by atoms with van der Waals surface area (Å²) in [7, 11) is 0. The molecule has 0 bridgehead atoms. The quantitative estimate of drug-likeness (QED) is 0.881. The Labute approximate surface area is 145 Å². The van der Waals surface area contributed by atoms with Crippen LogP contribution in [0.2, 0.25) is 0 Å². The molecule has 4 heteroatoms. The van der Waals surface area contributed by atoms with Gasteiger partial charge in [-0.1, -0.05) is 46.5 Å². The van der Waals surface area contributed by atoms with Crippen LogP contribution in [0.15, 0.2) is 10.6 Å². The number of hydrogen-bond acceptors (Lipinski definition) is 3. The molecule has 3 rings (SSSR count). The van der Waals surface area contributed by atoms with E-state index in [0.29, 0.717) is 30.2 Å². The summed E-state index contributed by atoms with van der Waals surface area (Å²) in [6.45, 7) is 6.32. The third kappa shape index (κ3) is 3.84. The minimum absolute atomic E-state index is 0.0372. The molecule has 0 aromatic carbocycles. The monoisotopic (exact) mass is 332 g/mol. The van der Waals surface area contributed by atoms with Crippen LogP contribution in [0, 0.1) is 5.41 Å². The first-order chi connectivity index (χ1) is 11.4. The van der Waals surface area contributed by atoms with Crippen molar-refractivity contribution in [2.24, 2.45) is 5.41 Å². The molecule has 1 atom stereocenters. The third-order valence-corrected chi connectivity index (χ3v) is 5.95. The molecule has 1 heterocycles. The van der Waals surface area contributed by atoms with E-state index in [0.717, 1.165) is 12.2 Å². The van der Waals surface area contributed by atoms with Gasteiger partial charge in [-0.3, -0.25) is 4.79 Å². The first-order valence-electron chi connectivity index (χ1n) is 9.64. The Morgan fingerprint density at radius 1 is 1.25 bits per heavy atom. The molecule has 0 radical (unpaired) electrons. The summed E-state index contributed by atoms with van der Waals surface area (Å²) in [6, 6.07) is 0.385. The average molecular weight is 332 g/mol. The van der Waals surface area contributed by atoms with E-state index in [4.69, 9.17) is 4.42 Å². The van der Waals surface area contributed by atoms with Gasteiger partial charge >= 0.3 is 0 Å². The van der Waals surface area contributed by atoms with Gasteiger partial charge < -0.3 is 9.73 Å². The fraction of sp³-hybridized carbons (Fsp3) is 0.800. The Balaban J connectivity index is 1.53. The molecule has 0 saturated heterocycles. The summed E-state index contributed by atoms with van der Waals surface area (Å²) in [4.78, 5) is 16.8. The van der Waals surface area contributed by atoms with Crippen molar-refractivity contribution in [1.82, 2.24) is 10.3 Å². The number of rotatable bonds is 4. The maximum Gasteiger partial charge on any atom is 0.220 e. The van der Waals surface area contributed by atoms with Crippen LogP contribution < -0.4 is 5.32 Å². The fourth-order valence-electron chi connectivity index (χ4n) is 4.47. The molecule has 2 saturated carbocycles. The lowest BCUT2D eigenvalue weighted by Gasteiger charge is -2.42. The van der Waals surface area contributed by atoms with Gasteiger partial charge in [0.25, 0.3) is 0 Å². The Hall–Kier alpha value is -1.32. The molecular weight excluding hydrogens is 300 g/mol. The molecule has 4 nitrogen and oxygen atoms in total. The molecule has 2 fully saturated rings. The van der Waals surface area contributed by atoms with Gasteiger partial charge in [0, 0.05) is 24.3 Å². The van der Waals surface area contributed by atoms with E-state index < -0.39 is 0 Å². The van der Waals surface area contributed by atoms with Crippen molar-refractivity contribution in [3.63, 3.8) is 0 Å². The van der Waals surface area contributed by atoms with Gasteiger partial charge in [-0.25, -0.2) is 4.98 Å².